The van der Waals surface area contributed by atoms with Crippen LogP contribution in [0.2, 0.25) is 0 Å². The molecule has 0 aromatic heterocycles. The van der Waals surface area contributed by atoms with E-state index in [1.54, 1.807) is 6.08 Å². The van der Waals surface area contributed by atoms with Crippen LogP contribution < -0.4 is 0 Å². The zero-order chi connectivity index (χ0) is 8.69. The van der Waals surface area contributed by atoms with Crippen LogP contribution in [0, 0.1) is 6.58 Å². The van der Waals surface area contributed by atoms with Crippen LogP contribution in [-0.2, 0) is 24.1 Å². The van der Waals surface area contributed by atoms with Gasteiger partial charge in [-0.3, -0.25) is 0 Å². The second-order valence-corrected chi connectivity index (χ2v) is 2.78. The van der Waals surface area contributed by atoms with E-state index in [9.17, 15) is 0 Å². The average Bonchev–Trinajstić information content (AvgIpc) is 2.00. The van der Waals surface area contributed by atoms with Crippen LogP contribution in [0.25, 0.3) is 0 Å². The van der Waals surface area contributed by atoms with Gasteiger partial charge in [-0.05, 0) is 0 Å². The molecular formula is C9H11OW-. The van der Waals surface area contributed by atoms with Gasteiger partial charge in [0, 0.05) is 0 Å². The van der Waals surface area contributed by atoms with Crippen molar-refractivity contribution in [3.63, 3.8) is 0 Å². The fraction of sp³-hybridized carbons (Fsp3) is 0.222. The molecule has 0 saturated heterocycles. The molecule has 0 saturated carbocycles. The Labute approximate surface area is 78.9 Å². The van der Waals surface area contributed by atoms with Crippen LogP contribution >= 0.6 is 0 Å². The average molecular weight is 319 g/mol. The van der Waals surface area contributed by atoms with E-state index in [0.717, 1.165) is 0 Å². The number of hydrogen-bond acceptors (Lipinski definition) is 1. The molecule has 0 aliphatic heterocycles. The molecule has 0 bridgehead atoms. The Morgan fingerprint density at radius 1 is 1.73 bits per heavy atom. The first-order valence-corrected chi connectivity index (χ1v) is 4.98. The molecule has 0 rings (SSSR count). The summed E-state index contributed by atoms with van der Waals surface area (Å²) >= 11 is 1.39. The Hall–Kier alpha value is -0.422. The molecule has 0 atom stereocenters. The van der Waals surface area contributed by atoms with E-state index >= 15 is 0 Å². The van der Waals surface area contributed by atoms with Crippen LogP contribution in [0.4, 0.5) is 0 Å². The summed E-state index contributed by atoms with van der Waals surface area (Å²) in [6, 6.07) is 0. The zero-order valence-electron chi connectivity index (χ0n) is 6.54. The van der Waals surface area contributed by atoms with Gasteiger partial charge in [-0.2, -0.15) is 0 Å². The second kappa shape index (κ2) is 6.30. The van der Waals surface area contributed by atoms with Crippen LogP contribution in [0.15, 0.2) is 30.1 Å². The van der Waals surface area contributed by atoms with Crippen molar-refractivity contribution in [3.05, 3.63) is 36.6 Å². The van der Waals surface area contributed by atoms with Gasteiger partial charge in [0.15, 0.2) is 0 Å². The zero-order valence-corrected chi connectivity index (χ0v) is 9.47. The standard InChI is InChI=1S/C9H11O.W/c1-5-7-8(3)9(4)10-6-2;/h1,3,5,7H,4,6H2,2H3;/q-1;/b7-5-;. The molecule has 0 heterocycles. The van der Waals surface area contributed by atoms with Gasteiger partial charge >= 0.3 is 78.7 Å². The SMILES string of the molecule is [CH-]=C(/C=C\[CH]=[W])C(=C)OCC. The van der Waals surface area contributed by atoms with E-state index in [0.29, 0.717) is 17.9 Å². The van der Waals surface area contributed by atoms with Crippen molar-refractivity contribution in [2.24, 2.45) is 0 Å². The molecule has 60 valence electrons. The Morgan fingerprint density at radius 2 is 2.36 bits per heavy atom. The second-order valence-electron chi connectivity index (χ2n) is 1.81. The first kappa shape index (κ1) is 10.6. The first-order valence-electron chi connectivity index (χ1n) is 3.28. The Kier molecular flexibility index (Phi) is 6.06. The minimum absolute atomic E-state index is 0.542. The molecule has 0 amide bonds. The molecule has 0 aromatic rings. The van der Waals surface area contributed by atoms with E-state index < -0.39 is 0 Å². The monoisotopic (exact) mass is 319 g/mol. The molecular weight excluding hydrogens is 308 g/mol. The Morgan fingerprint density at radius 3 is 2.82 bits per heavy atom. The number of hydrogen-bond donors (Lipinski definition) is 0. The molecule has 0 unspecified atom stereocenters. The van der Waals surface area contributed by atoms with E-state index in [-0.39, 0.29) is 0 Å². The molecule has 11 heavy (non-hydrogen) atoms. The van der Waals surface area contributed by atoms with Gasteiger partial charge in [-0.1, -0.05) is 0 Å². The first-order chi connectivity index (χ1) is 5.22. The fourth-order valence-electron chi connectivity index (χ4n) is 0.493. The molecule has 0 aromatic carbocycles. The van der Waals surface area contributed by atoms with Gasteiger partial charge in [-0.25, -0.2) is 0 Å². The van der Waals surface area contributed by atoms with Crippen molar-refractivity contribution in [2.75, 3.05) is 6.61 Å². The molecule has 0 spiro atoms. The maximum atomic E-state index is 5.58. The van der Waals surface area contributed by atoms with E-state index in [4.69, 9.17) is 11.3 Å². The van der Waals surface area contributed by atoms with Gasteiger partial charge in [0.2, 0.25) is 0 Å². The summed E-state index contributed by atoms with van der Waals surface area (Å²) in [5.41, 5.74) is 0.587. The van der Waals surface area contributed by atoms with Crippen molar-refractivity contribution < 1.29 is 24.1 Å². The normalized spacial score (nSPS) is 9.55. The number of rotatable bonds is 5. The summed E-state index contributed by atoms with van der Waals surface area (Å²) < 4.78 is 7.06. The third-order valence-electron chi connectivity index (χ3n) is 0.995. The quantitative estimate of drug-likeness (QED) is 0.427. The van der Waals surface area contributed by atoms with Gasteiger partial charge in [0.05, 0.1) is 0 Å². The molecule has 0 fully saturated rings. The molecule has 0 N–H and O–H groups in total. The van der Waals surface area contributed by atoms with Crippen LogP contribution in [0.3, 0.4) is 0 Å². The predicted octanol–water partition coefficient (Wildman–Crippen LogP) is 1.80. The van der Waals surface area contributed by atoms with E-state index in [1.807, 2.05) is 17.4 Å². The molecule has 0 aliphatic carbocycles. The molecule has 1 nitrogen and oxygen atoms in total. The summed E-state index contributed by atoms with van der Waals surface area (Å²) in [6.07, 6.45) is 3.67. The molecule has 0 radical (unpaired) electrons. The van der Waals surface area contributed by atoms with E-state index in [1.165, 1.54) is 19.4 Å². The van der Waals surface area contributed by atoms with Crippen molar-refractivity contribution in [1.82, 2.24) is 0 Å². The Bertz CT molecular complexity index is 192. The van der Waals surface area contributed by atoms with Crippen molar-refractivity contribution in [2.45, 2.75) is 6.92 Å². The van der Waals surface area contributed by atoms with Crippen molar-refractivity contribution in [3.8, 4) is 0 Å². The predicted molar refractivity (Wildman–Crippen MR) is 43.8 cm³/mol. The van der Waals surface area contributed by atoms with Crippen LogP contribution in [-0.4, -0.2) is 11.0 Å². The molecule has 2 heteroatoms. The third-order valence-corrected chi connectivity index (χ3v) is 1.56. The van der Waals surface area contributed by atoms with Gasteiger partial charge in [0.25, 0.3) is 0 Å². The third kappa shape index (κ3) is 4.92. The van der Waals surface area contributed by atoms with Crippen LogP contribution in [0.5, 0.6) is 0 Å². The topological polar surface area (TPSA) is 9.23 Å². The van der Waals surface area contributed by atoms with Crippen LogP contribution in [0.1, 0.15) is 6.92 Å². The van der Waals surface area contributed by atoms with Crippen molar-refractivity contribution in [1.29, 1.82) is 0 Å². The number of allylic oxidation sites excluding steroid dienone is 2. The fourth-order valence-corrected chi connectivity index (χ4v) is 0.776. The summed E-state index contributed by atoms with van der Waals surface area (Å²) in [5.74, 6) is 0.542. The molecule has 0 aliphatic rings. The summed E-state index contributed by atoms with van der Waals surface area (Å²) in [5, 5.41) is 0. The summed E-state index contributed by atoms with van der Waals surface area (Å²) in [7, 11) is 0. The summed E-state index contributed by atoms with van der Waals surface area (Å²) in [6.45, 7) is 11.7. The van der Waals surface area contributed by atoms with Gasteiger partial charge in [0.1, 0.15) is 0 Å². The van der Waals surface area contributed by atoms with Crippen molar-refractivity contribution >= 4 is 4.40 Å². The summed E-state index contributed by atoms with van der Waals surface area (Å²) in [4.78, 5) is 0. The Balaban J connectivity index is 3.92. The van der Waals surface area contributed by atoms with Gasteiger partial charge in [-0.15, -0.1) is 0 Å². The minimum atomic E-state index is 0.542. The number of ether oxygens (including phenoxy) is 1. The van der Waals surface area contributed by atoms with E-state index in [2.05, 4.69) is 6.58 Å². The van der Waals surface area contributed by atoms with Gasteiger partial charge < -0.3 is 0 Å². The maximum absolute atomic E-state index is 5.58.